The molecule has 0 aliphatic carbocycles. The fourth-order valence-corrected chi connectivity index (χ4v) is 0.662. The number of aromatic nitrogens is 3. The Labute approximate surface area is 68.1 Å². The van der Waals surface area contributed by atoms with Gasteiger partial charge in [0.05, 0.1) is 19.9 Å². The number of carbonyl (C=O) groups excluding carboxylic acids is 2. The highest BCUT2D eigenvalue weighted by atomic mass is 16.5. The maximum Gasteiger partial charge on any atom is 0.360 e. The van der Waals surface area contributed by atoms with Gasteiger partial charge in [-0.25, -0.2) is 9.48 Å². The fraction of sp³-hybridized carbons (Fsp3) is 0.333. The highest BCUT2D eigenvalue weighted by Crippen LogP contribution is 1.93. The Morgan fingerprint density at radius 1 is 1.83 bits per heavy atom. The summed E-state index contributed by atoms with van der Waals surface area (Å²) in [5.74, 6) is -0.563. The quantitative estimate of drug-likeness (QED) is 0.440. The summed E-state index contributed by atoms with van der Waals surface area (Å²) in [5, 5.41) is 6.99. The predicted molar refractivity (Wildman–Crippen MR) is 37.4 cm³/mol. The van der Waals surface area contributed by atoms with Gasteiger partial charge < -0.3 is 9.53 Å². The minimum absolute atomic E-state index is 0.0873. The largest absolute Gasteiger partial charge is 0.464 e. The summed E-state index contributed by atoms with van der Waals surface area (Å²) >= 11 is 0. The Kier molecular flexibility index (Phi) is 2.52. The van der Waals surface area contributed by atoms with Crippen LogP contribution >= 0.6 is 0 Å². The van der Waals surface area contributed by atoms with Gasteiger partial charge in [0.25, 0.3) is 0 Å². The van der Waals surface area contributed by atoms with E-state index in [-0.39, 0.29) is 12.2 Å². The first-order valence-electron chi connectivity index (χ1n) is 3.20. The lowest BCUT2D eigenvalue weighted by atomic mass is 10.5. The van der Waals surface area contributed by atoms with E-state index in [0.717, 1.165) is 0 Å². The van der Waals surface area contributed by atoms with Gasteiger partial charge in [0.2, 0.25) is 0 Å². The molecule has 1 rings (SSSR count). The van der Waals surface area contributed by atoms with Gasteiger partial charge in [-0.1, -0.05) is 5.21 Å². The number of carbonyl (C=O) groups is 2. The molecule has 0 aromatic carbocycles. The number of aldehydes is 1. The number of rotatable bonds is 3. The van der Waals surface area contributed by atoms with Crippen molar-refractivity contribution >= 4 is 12.3 Å². The summed E-state index contributed by atoms with van der Waals surface area (Å²) in [4.78, 5) is 20.8. The average Bonchev–Trinajstić information content (AvgIpc) is 2.52. The zero-order valence-corrected chi connectivity index (χ0v) is 6.43. The number of hydrogen-bond donors (Lipinski definition) is 0. The molecule has 0 saturated carbocycles. The van der Waals surface area contributed by atoms with Crippen LogP contribution in [0.3, 0.4) is 0 Å². The molecule has 0 atom stereocenters. The minimum atomic E-state index is -0.563. The molecular weight excluding hydrogens is 162 g/mol. The minimum Gasteiger partial charge on any atom is -0.464 e. The van der Waals surface area contributed by atoms with Crippen LogP contribution in [0.4, 0.5) is 0 Å². The van der Waals surface area contributed by atoms with Gasteiger partial charge in [-0.2, -0.15) is 0 Å². The number of hydrogen-bond acceptors (Lipinski definition) is 5. The van der Waals surface area contributed by atoms with Crippen molar-refractivity contribution in [2.75, 3.05) is 7.11 Å². The zero-order valence-electron chi connectivity index (χ0n) is 6.43. The lowest BCUT2D eigenvalue weighted by Crippen LogP contribution is -2.01. The van der Waals surface area contributed by atoms with Crippen molar-refractivity contribution in [1.82, 2.24) is 15.0 Å². The van der Waals surface area contributed by atoms with Crippen molar-refractivity contribution in [3.8, 4) is 0 Å². The van der Waals surface area contributed by atoms with Crippen LogP contribution in [-0.4, -0.2) is 34.4 Å². The molecule has 1 heterocycles. The molecular formula is C6H7N3O3. The van der Waals surface area contributed by atoms with Crippen LogP contribution in [0.2, 0.25) is 0 Å². The van der Waals surface area contributed by atoms with Crippen molar-refractivity contribution in [1.29, 1.82) is 0 Å². The van der Waals surface area contributed by atoms with Gasteiger partial charge in [0.1, 0.15) is 6.29 Å². The van der Waals surface area contributed by atoms with E-state index in [1.54, 1.807) is 0 Å². The SMILES string of the molecule is COC(=O)c1cn(CC=O)nn1. The molecule has 12 heavy (non-hydrogen) atoms. The lowest BCUT2D eigenvalue weighted by molar-refractivity contribution is -0.108. The van der Waals surface area contributed by atoms with E-state index in [0.29, 0.717) is 6.29 Å². The average molecular weight is 169 g/mol. The molecule has 0 aliphatic rings. The predicted octanol–water partition coefficient (Wildman–Crippen LogP) is -0.736. The summed E-state index contributed by atoms with van der Waals surface area (Å²) in [6, 6.07) is 0. The molecule has 0 radical (unpaired) electrons. The molecule has 6 heteroatoms. The van der Waals surface area contributed by atoms with Gasteiger partial charge in [-0.3, -0.25) is 0 Å². The van der Waals surface area contributed by atoms with E-state index in [1.165, 1.54) is 18.0 Å². The fourth-order valence-electron chi connectivity index (χ4n) is 0.662. The Morgan fingerprint density at radius 2 is 2.58 bits per heavy atom. The van der Waals surface area contributed by atoms with Crippen molar-refractivity contribution < 1.29 is 14.3 Å². The maximum atomic E-state index is 10.8. The Hall–Kier alpha value is -1.72. The van der Waals surface area contributed by atoms with Crippen molar-refractivity contribution in [2.24, 2.45) is 0 Å². The molecule has 6 nitrogen and oxygen atoms in total. The molecule has 64 valence electrons. The van der Waals surface area contributed by atoms with Gasteiger partial charge in [-0.15, -0.1) is 5.10 Å². The molecule has 0 N–H and O–H groups in total. The number of ether oxygens (including phenoxy) is 1. The number of esters is 1. The third-order valence-electron chi connectivity index (χ3n) is 1.19. The highest BCUT2D eigenvalue weighted by molar-refractivity contribution is 5.86. The molecule has 0 spiro atoms. The van der Waals surface area contributed by atoms with E-state index < -0.39 is 5.97 Å². The third kappa shape index (κ3) is 1.66. The van der Waals surface area contributed by atoms with Crippen LogP contribution in [0.25, 0.3) is 0 Å². The van der Waals surface area contributed by atoms with E-state index >= 15 is 0 Å². The Bertz CT molecular complexity index is 294. The topological polar surface area (TPSA) is 74.1 Å². The van der Waals surface area contributed by atoms with E-state index in [1.807, 2.05) is 0 Å². The molecule has 0 amide bonds. The van der Waals surface area contributed by atoms with Gasteiger partial charge in [-0.05, 0) is 0 Å². The third-order valence-corrected chi connectivity index (χ3v) is 1.19. The van der Waals surface area contributed by atoms with Gasteiger partial charge in [0, 0.05) is 0 Å². The van der Waals surface area contributed by atoms with Crippen LogP contribution in [0.5, 0.6) is 0 Å². The second kappa shape index (κ2) is 3.61. The molecule has 0 unspecified atom stereocenters. The van der Waals surface area contributed by atoms with E-state index in [4.69, 9.17) is 0 Å². The van der Waals surface area contributed by atoms with E-state index in [9.17, 15) is 9.59 Å². The monoisotopic (exact) mass is 169 g/mol. The summed E-state index contributed by atoms with van der Waals surface area (Å²) in [5.41, 5.74) is 0.0966. The van der Waals surface area contributed by atoms with Gasteiger partial charge in [0.15, 0.2) is 5.69 Å². The first kappa shape index (κ1) is 8.38. The summed E-state index contributed by atoms with van der Waals surface area (Å²) in [6.07, 6.45) is 2.01. The summed E-state index contributed by atoms with van der Waals surface area (Å²) in [7, 11) is 1.25. The molecule has 0 bridgehead atoms. The smallest absolute Gasteiger partial charge is 0.360 e. The lowest BCUT2D eigenvalue weighted by Gasteiger charge is -1.89. The second-order valence-electron chi connectivity index (χ2n) is 1.98. The van der Waals surface area contributed by atoms with Crippen LogP contribution in [-0.2, 0) is 16.1 Å². The summed E-state index contributed by atoms with van der Waals surface area (Å²) < 4.78 is 5.63. The molecule has 1 aromatic heterocycles. The van der Waals surface area contributed by atoms with Crippen molar-refractivity contribution in [3.05, 3.63) is 11.9 Å². The molecule has 0 fully saturated rings. The van der Waals surface area contributed by atoms with Crippen molar-refractivity contribution in [3.63, 3.8) is 0 Å². The second-order valence-corrected chi connectivity index (χ2v) is 1.98. The van der Waals surface area contributed by atoms with E-state index in [2.05, 4.69) is 15.0 Å². The Balaban J connectivity index is 2.76. The van der Waals surface area contributed by atoms with Gasteiger partial charge >= 0.3 is 5.97 Å². The number of methoxy groups -OCH3 is 1. The number of nitrogens with zero attached hydrogens (tertiary/aromatic N) is 3. The standard InChI is InChI=1S/C6H7N3O3/c1-12-6(11)5-4-9(2-3-10)8-7-5/h3-4H,2H2,1H3. The molecule has 1 aromatic rings. The Morgan fingerprint density at radius 3 is 3.17 bits per heavy atom. The van der Waals surface area contributed by atoms with Crippen LogP contribution in [0, 0.1) is 0 Å². The van der Waals surface area contributed by atoms with Crippen LogP contribution < -0.4 is 0 Å². The zero-order chi connectivity index (χ0) is 8.97. The maximum absolute atomic E-state index is 10.8. The summed E-state index contributed by atoms with van der Waals surface area (Å²) in [6.45, 7) is 0.0873. The normalized spacial score (nSPS) is 9.42. The highest BCUT2D eigenvalue weighted by Gasteiger charge is 2.09. The molecule has 0 aliphatic heterocycles. The first-order valence-corrected chi connectivity index (χ1v) is 3.20. The first-order chi connectivity index (χ1) is 5.77. The van der Waals surface area contributed by atoms with Crippen LogP contribution in [0.15, 0.2) is 6.20 Å². The molecule has 0 saturated heterocycles. The van der Waals surface area contributed by atoms with Crippen LogP contribution in [0.1, 0.15) is 10.5 Å². The van der Waals surface area contributed by atoms with Crippen molar-refractivity contribution in [2.45, 2.75) is 6.54 Å².